The molecule has 0 atom stereocenters. The Morgan fingerprint density at radius 3 is 2.67 bits per heavy atom. The van der Waals surface area contributed by atoms with Crippen molar-refractivity contribution >= 4 is 0 Å². The summed E-state index contributed by atoms with van der Waals surface area (Å²) < 4.78 is 6.19. The zero-order valence-electron chi connectivity index (χ0n) is 8.05. The average molecular weight is 205 g/mol. The first kappa shape index (κ1) is 9.51. The topological polar surface area (TPSA) is 75.2 Å². The molecular formula is C10H11N3O2. The summed E-state index contributed by atoms with van der Waals surface area (Å²) in [7, 11) is 0. The van der Waals surface area contributed by atoms with E-state index in [0.717, 1.165) is 12.0 Å². The number of aryl methyl sites for hydroxylation is 2. The standard InChI is InChI=1S/C10H11N3O2/c11-10-7-13(12-15-10)6-5-8-1-3-9(14)4-2-8/h1-4,7,11,14H,5-6H2. The number of benzene rings is 1. The van der Waals surface area contributed by atoms with Gasteiger partial charge in [-0.15, -0.1) is 0 Å². The van der Waals surface area contributed by atoms with Crippen LogP contribution in [0.1, 0.15) is 5.56 Å². The third-order valence-corrected chi connectivity index (χ3v) is 2.08. The molecule has 2 rings (SSSR count). The number of aromatic nitrogens is 2. The van der Waals surface area contributed by atoms with E-state index in [1.165, 1.54) is 6.20 Å². The molecule has 0 aliphatic heterocycles. The molecule has 2 N–H and O–H groups in total. The predicted molar refractivity (Wildman–Crippen MR) is 49.9 cm³/mol. The molecule has 0 saturated heterocycles. The van der Waals surface area contributed by atoms with Gasteiger partial charge in [0.1, 0.15) is 12.3 Å². The number of nitrogens with zero attached hydrogens (tertiary/aromatic N) is 2. The molecule has 0 aliphatic rings. The fraction of sp³-hybridized carbons (Fsp3) is 0.200. The molecular weight excluding hydrogens is 194 g/mol. The molecule has 5 heteroatoms. The molecule has 0 aliphatic carbocycles. The van der Waals surface area contributed by atoms with Crippen LogP contribution in [0, 0.1) is 5.41 Å². The molecule has 1 heterocycles. The van der Waals surface area contributed by atoms with Crippen LogP contribution < -0.4 is 15.5 Å². The number of hydrogen-bond acceptors (Lipinski definition) is 3. The highest BCUT2D eigenvalue weighted by molar-refractivity contribution is 5.25. The van der Waals surface area contributed by atoms with Gasteiger partial charge in [-0.3, -0.25) is 10.7 Å². The van der Waals surface area contributed by atoms with Crippen LogP contribution in [-0.4, -0.2) is 5.11 Å². The third kappa shape index (κ3) is 2.46. The normalized spacial score (nSPS) is 10.4. The average Bonchev–Trinajstić information content (AvgIpc) is 2.64. The van der Waals surface area contributed by atoms with Gasteiger partial charge in [0.25, 0.3) is 5.55 Å². The fourth-order valence-corrected chi connectivity index (χ4v) is 1.29. The van der Waals surface area contributed by atoms with Gasteiger partial charge in [-0.2, -0.15) is 0 Å². The number of rotatable bonds is 3. The maximum atomic E-state index is 9.09. The van der Waals surface area contributed by atoms with E-state index in [-0.39, 0.29) is 11.3 Å². The van der Waals surface area contributed by atoms with Crippen molar-refractivity contribution in [2.75, 3.05) is 0 Å². The molecule has 0 spiro atoms. The summed E-state index contributed by atoms with van der Waals surface area (Å²) in [6.45, 7) is 0.660. The van der Waals surface area contributed by atoms with Gasteiger partial charge in [0.2, 0.25) is 6.20 Å². The monoisotopic (exact) mass is 205 g/mol. The maximum absolute atomic E-state index is 9.09. The van der Waals surface area contributed by atoms with Crippen molar-refractivity contribution in [3.05, 3.63) is 41.6 Å². The largest absolute Gasteiger partial charge is 0.508 e. The molecule has 0 bridgehead atoms. The van der Waals surface area contributed by atoms with Crippen molar-refractivity contribution in [1.29, 1.82) is 5.41 Å². The number of phenolic OH excluding ortho intramolecular Hbond substituents is 1. The predicted octanol–water partition coefficient (Wildman–Crippen LogP) is -0.0479. The van der Waals surface area contributed by atoms with Crippen LogP contribution in [0.4, 0.5) is 0 Å². The van der Waals surface area contributed by atoms with E-state index in [4.69, 9.17) is 10.5 Å². The van der Waals surface area contributed by atoms with E-state index < -0.39 is 0 Å². The van der Waals surface area contributed by atoms with E-state index in [1.807, 2.05) is 12.1 Å². The Hall–Kier alpha value is -2.04. The molecule has 0 saturated carbocycles. The van der Waals surface area contributed by atoms with Gasteiger partial charge in [0.15, 0.2) is 0 Å². The van der Waals surface area contributed by atoms with E-state index in [0.29, 0.717) is 6.54 Å². The van der Waals surface area contributed by atoms with Crippen LogP contribution in [-0.2, 0) is 13.0 Å². The van der Waals surface area contributed by atoms with Crippen molar-refractivity contribution in [2.45, 2.75) is 13.0 Å². The van der Waals surface area contributed by atoms with E-state index >= 15 is 0 Å². The molecule has 15 heavy (non-hydrogen) atoms. The van der Waals surface area contributed by atoms with E-state index in [1.54, 1.807) is 16.8 Å². The molecule has 78 valence electrons. The first-order valence-corrected chi connectivity index (χ1v) is 4.60. The minimum atomic E-state index is 0.0562. The zero-order chi connectivity index (χ0) is 10.7. The van der Waals surface area contributed by atoms with Gasteiger partial charge < -0.3 is 9.63 Å². The van der Waals surface area contributed by atoms with Gasteiger partial charge >= 0.3 is 0 Å². The molecule has 5 nitrogen and oxygen atoms in total. The lowest BCUT2D eigenvalue weighted by atomic mass is 10.1. The molecule has 2 aromatic rings. The lowest BCUT2D eigenvalue weighted by Gasteiger charge is -1.99. The quantitative estimate of drug-likeness (QED) is 0.690. The van der Waals surface area contributed by atoms with Gasteiger partial charge in [0, 0.05) is 6.42 Å². The minimum Gasteiger partial charge on any atom is -0.508 e. The summed E-state index contributed by atoms with van der Waals surface area (Å²) in [5.74, 6) is 0.265. The SMILES string of the molecule is N=c1c[n+](CCc2ccc(O)cc2)[n-]o1. The summed E-state index contributed by atoms with van der Waals surface area (Å²) >= 11 is 0. The third-order valence-electron chi connectivity index (χ3n) is 2.08. The summed E-state index contributed by atoms with van der Waals surface area (Å²) in [5.41, 5.74) is 1.16. The number of aromatic hydroxyl groups is 1. The summed E-state index contributed by atoms with van der Waals surface area (Å²) in [6.07, 6.45) is 2.32. The Bertz CT molecular complexity index is 484. The van der Waals surface area contributed by atoms with Gasteiger partial charge in [-0.1, -0.05) is 12.1 Å². The van der Waals surface area contributed by atoms with Crippen LogP contribution in [0.2, 0.25) is 0 Å². The minimum absolute atomic E-state index is 0.0562. The molecule has 0 fully saturated rings. The van der Waals surface area contributed by atoms with E-state index in [2.05, 4.69) is 9.79 Å². The molecule has 0 amide bonds. The second-order valence-corrected chi connectivity index (χ2v) is 3.25. The highest BCUT2D eigenvalue weighted by Gasteiger charge is 1.98. The second kappa shape index (κ2) is 4.00. The summed E-state index contributed by atoms with van der Waals surface area (Å²) in [5, 5.41) is 19.9. The van der Waals surface area contributed by atoms with Gasteiger partial charge in [-0.05, 0) is 17.7 Å². The first-order valence-electron chi connectivity index (χ1n) is 4.60. The molecule has 1 aromatic carbocycles. The van der Waals surface area contributed by atoms with Crippen LogP contribution in [0.25, 0.3) is 0 Å². The zero-order valence-corrected chi connectivity index (χ0v) is 8.05. The summed E-state index contributed by atoms with van der Waals surface area (Å²) in [6, 6.07) is 7.02. The Labute approximate surface area is 86.1 Å². The second-order valence-electron chi connectivity index (χ2n) is 3.25. The van der Waals surface area contributed by atoms with Crippen molar-refractivity contribution in [2.24, 2.45) is 0 Å². The van der Waals surface area contributed by atoms with Crippen LogP contribution >= 0.6 is 0 Å². The van der Waals surface area contributed by atoms with Crippen molar-refractivity contribution in [3.8, 4) is 5.75 Å². The summed E-state index contributed by atoms with van der Waals surface area (Å²) in [4.78, 5) is 0. The molecule has 1 aromatic heterocycles. The lowest BCUT2D eigenvalue weighted by Crippen LogP contribution is -2.38. The van der Waals surface area contributed by atoms with Crippen molar-refractivity contribution < 1.29 is 14.3 Å². The number of phenols is 1. The molecule has 0 radical (unpaired) electrons. The van der Waals surface area contributed by atoms with Crippen LogP contribution in [0.15, 0.2) is 35.0 Å². The fourth-order valence-electron chi connectivity index (χ4n) is 1.29. The first-order chi connectivity index (χ1) is 7.24. The lowest BCUT2D eigenvalue weighted by molar-refractivity contribution is -0.767. The Morgan fingerprint density at radius 1 is 1.33 bits per heavy atom. The Kier molecular flexibility index (Phi) is 2.53. The maximum Gasteiger partial charge on any atom is 0.264 e. The highest BCUT2D eigenvalue weighted by Crippen LogP contribution is 2.09. The number of hydrogen-bond donors (Lipinski definition) is 2. The van der Waals surface area contributed by atoms with Gasteiger partial charge in [-0.25, -0.2) is 4.68 Å². The van der Waals surface area contributed by atoms with Crippen LogP contribution in [0.5, 0.6) is 5.75 Å². The van der Waals surface area contributed by atoms with Gasteiger partial charge in [0.05, 0.1) is 0 Å². The van der Waals surface area contributed by atoms with Crippen LogP contribution in [0.3, 0.4) is 0 Å². The molecule has 0 unspecified atom stereocenters. The Morgan fingerprint density at radius 2 is 2.07 bits per heavy atom. The Balaban J connectivity index is 1.99. The smallest absolute Gasteiger partial charge is 0.264 e. The highest BCUT2D eigenvalue weighted by atomic mass is 16.5. The van der Waals surface area contributed by atoms with Crippen molar-refractivity contribution in [1.82, 2.24) is 5.27 Å². The van der Waals surface area contributed by atoms with E-state index in [9.17, 15) is 0 Å². The van der Waals surface area contributed by atoms with Crippen molar-refractivity contribution in [3.63, 3.8) is 0 Å². The number of nitrogens with one attached hydrogen (secondary N) is 1.